The maximum absolute atomic E-state index is 9.74. The summed E-state index contributed by atoms with van der Waals surface area (Å²) in [4.78, 5) is 11.9. The van der Waals surface area contributed by atoms with Gasteiger partial charge in [0.15, 0.2) is 0 Å². The highest BCUT2D eigenvalue weighted by atomic mass is 16.5. The second-order valence-electron chi connectivity index (χ2n) is 8.94. The highest BCUT2D eigenvalue weighted by Gasteiger charge is 2.35. The number of aromatic nitrogens is 2. The first-order valence-corrected chi connectivity index (χ1v) is 10.1. The van der Waals surface area contributed by atoms with E-state index >= 15 is 0 Å². The lowest BCUT2D eigenvalue weighted by Crippen LogP contribution is -2.42. The summed E-state index contributed by atoms with van der Waals surface area (Å²) >= 11 is 0. The summed E-state index contributed by atoms with van der Waals surface area (Å²) in [5, 5.41) is 13.6. The van der Waals surface area contributed by atoms with E-state index in [2.05, 4.69) is 30.3 Å². The van der Waals surface area contributed by atoms with Crippen molar-refractivity contribution < 1.29 is 9.84 Å². The van der Waals surface area contributed by atoms with Gasteiger partial charge in [0.25, 0.3) is 0 Å². The molecule has 2 aliphatic heterocycles. The Morgan fingerprint density at radius 2 is 1.92 bits per heavy atom. The standard InChI is InChI=1S/C20H32N4O2/c1-20(2)11-17(22-14-5-9-26-10-6-14)16-13-21-19(23-18(16)12-20)24-7-3-15(25)4-8-24/h13-15,17,22,25H,3-12H2,1-2H3. The lowest BCUT2D eigenvalue weighted by molar-refractivity contribution is 0.0716. The van der Waals surface area contributed by atoms with Crippen molar-refractivity contribution in [2.45, 2.75) is 70.6 Å². The molecule has 6 heteroatoms. The predicted molar refractivity (Wildman–Crippen MR) is 101 cm³/mol. The van der Waals surface area contributed by atoms with E-state index in [0.717, 1.165) is 70.8 Å². The van der Waals surface area contributed by atoms with Crippen LogP contribution in [0, 0.1) is 5.41 Å². The molecule has 0 radical (unpaired) electrons. The van der Waals surface area contributed by atoms with Gasteiger partial charge in [-0.2, -0.15) is 0 Å². The first-order valence-electron chi connectivity index (χ1n) is 10.1. The molecule has 0 aromatic carbocycles. The Hall–Kier alpha value is -1.24. The van der Waals surface area contributed by atoms with E-state index in [1.807, 2.05) is 0 Å². The highest BCUT2D eigenvalue weighted by Crippen LogP contribution is 2.40. The number of ether oxygens (including phenoxy) is 1. The molecular weight excluding hydrogens is 328 g/mol. The van der Waals surface area contributed by atoms with Gasteiger partial charge in [-0.1, -0.05) is 13.8 Å². The number of fused-ring (bicyclic) bond motifs is 1. The van der Waals surface area contributed by atoms with Gasteiger partial charge in [0, 0.05) is 50.1 Å². The van der Waals surface area contributed by atoms with E-state index < -0.39 is 0 Å². The number of hydrogen-bond acceptors (Lipinski definition) is 6. The van der Waals surface area contributed by atoms with Gasteiger partial charge in [-0.25, -0.2) is 9.97 Å². The van der Waals surface area contributed by atoms with Gasteiger partial charge in [-0.05, 0) is 43.9 Å². The van der Waals surface area contributed by atoms with E-state index in [1.54, 1.807) is 0 Å². The second-order valence-corrected chi connectivity index (χ2v) is 8.94. The van der Waals surface area contributed by atoms with Crippen LogP contribution < -0.4 is 10.2 Å². The summed E-state index contributed by atoms with van der Waals surface area (Å²) in [6, 6.07) is 0.854. The van der Waals surface area contributed by atoms with Crippen LogP contribution in [-0.4, -0.2) is 53.5 Å². The van der Waals surface area contributed by atoms with Crippen LogP contribution in [0.4, 0.5) is 5.95 Å². The fourth-order valence-electron chi connectivity index (χ4n) is 4.55. The van der Waals surface area contributed by atoms with E-state index in [-0.39, 0.29) is 11.5 Å². The topological polar surface area (TPSA) is 70.5 Å². The third kappa shape index (κ3) is 4.02. The molecule has 0 amide bonds. The van der Waals surface area contributed by atoms with Crippen LogP contribution in [0.5, 0.6) is 0 Å². The Kier molecular flexibility index (Phi) is 5.17. The van der Waals surface area contributed by atoms with Crippen molar-refractivity contribution in [1.82, 2.24) is 15.3 Å². The molecule has 1 atom stereocenters. The number of hydrogen-bond donors (Lipinski definition) is 2. The van der Waals surface area contributed by atoms with Crippen molar-refractivity contribution >= 4 is 5.95 Å². The Labute approximate surface area is 156 Å². The monoisotopic (exact) mass is 360 g/mol. The molecule has 2 N–H and O–H groups in total. The summed E-state index contributed by atoms with van der Waals surface area (Å²) in [5.74, 6) is 0.832. The number of rotatable bonds is 3. The Morgan fingerprint density at radius 1 is 1.19 bits per heavy atom. The van der Waals surface area contributed by atoms with Crippen LogP contribution in [-0.2, 0) is 11.2 Å². The zero-order valence-electron chi connectivity index (χ0n) is 16.1. The van der Waals surface area contributed by atoms with Gasteiger partial charge in [0.05, 0.1) is 11.8 Å². The molecule has 1 aliphatic carbocycles. The highest BCUT2D eigenvalue weighted by molar-refractivity contribution is 5.37. The van der Waals surface area contributed by atoms with Crippen molar-refractivity contribution in [1.29, 1.82) is 0 Å². The number of aliphatic hydroxyl groups is 1. The fourth-order valence-corrected chi connectivity index (χ4v) is 4.55. The van der Waals surface area contributed by atoms with Crippen molar-refractivity contribution in [3.8, 4) is 0 Å². The van der Waals surface area contributed by atoms with Gasteiger partial charge in [0.1, 0.15) is 0 Å². The molecule has 0 saturated carbocycles. The summed E-state index contributed by atoms with van der Waals surface area (Å²) in [7, 11) is 0. The Morgan fingerprint density at radius 3 is 2.65 bits per heavy atom. The zero-order valence-corrected chi connectivity index (χ0v) is 16.1. The van der Waals surface area contributed by atoms with Gasteiger partial charge >= 0.3 is 0 Å². The van der Waals surface area contributed by atoms with E-state index in [0.29, 0.717) is 12.1 Å². The van der Waals surface area contributed by atoms with Crippen molar-refractivity contribution in [2.75, 3.05) is 31.2 Å². The number of piperidine rings is 1. The van der Waals surface area contributed by atoms with Crippen LogP contribution in [0.1, 0.15) is 63.3 Å². The lowest BCUT2D eigenvalue weighted by Gasteiger charge is -2.39. The molecule has 6 nitrogen and oxygen atoms in total. The number of nitrogens with one attached hydrogen (secondary N) is 1. The molecule has 0 spiro atoms. The SMILES string of the molecule is CC1(C)Cc2nc(N3CCC(O)CC3)ncc2C(NC2CCOCC2)C1. The normalized spacial score (nSPS) is 27.3. The van der Waals surface area contributed by atoms with Crippen LogP contribution in [0.2, 0.25) is 0 Å². The van der Waals surface area contributed by atoms with Crippen LogP contribution in [0.25, 0.3) is 0 Å². The first kappa shape index (κ1) is 18.1. The number of aliphatic hydroxyl groups excluding tert-OH is 1. The summed E-state index contributed by atoms with van der Waals surface area (Å²) in [6.07, 6.45) is 7.78. The molecule has 1 aromatic rings. The molecule has 1 unspecified atom stereocenters. The predicted octanol–water partition coefficient (Wildman–Crippen LogP) is 2.22. The molecule has 0 bridgehead atoms. The third-order valence-electron chi connectivity index (χ3n) is 6.07. The second kappa shape index (κ2) is 7.41. The average Bonchev–Trinajstić information content (AvgIpc) is 2.62. The summed E-state index contributed by atoms with van der Waals surface area (Å²) in [6.45, 7) is 8.08. The minimum atomic E-state index is -0.170. The maximum Gasteiger partial charge on any atom is 0.225 e. The van der Waals surface area contributed by atoms with Gasteiger partial charge in [-0.3, -0.25) is 0 Å². The molecule has 1 aromatic heterocycles. The molecule has 26 heavy (non-hydrogen) atoms. The van der Waals surface area contributed by atoms with Crippen molar-refractivity contribution in [3.05, 3.63) is 17.5 Å². The van der Waals surface area contributed by atoms with Crippen LogP contribution in [0.3, 0.4) is 0 Å². The zero-order chi connectivity index (χ0) is 18.1. The Bertz CT molecular complexity index is 622. The molecule has 4 rings (SSSR count). The minimum Gasteiger partial charge on any atom is -0.393 e. The van der Waals surface area contributed by atoms with Crippen molar-refractivity contribution in [2.24, 2.45) is 5.41 Å². The third-order valence-corrected chi connectivity index (χ3v) is 6.07. The van der Waals surface area contributed by atoms with E-state index in [1.165, 1.54) is 11.3 Å². The fraction of sp³-hybridized carbons (Fsp3) is 0.800. The largest absolute Gasteiger partial charge is 0.393 e. The first-order chi connectivity index (χ1) is 12.5. The van der Waals surface area contributed by atoms with Gasteiger partial charge in [-0.15, -0.1) is 0 Å². The average molecular weight is 361 g/mol. The van der Waals surface area contributed by atoms with Gasteiger partial charge in [0.2, 0.25) is 5.95 Å². The summed E-state index contributed by atoms with van der Waals surface area (Å²) < 4.78 is 5.50. The smallest absolute Gasteiger partial charge is 0.225 e. The number of anilines is 1. The van der Waals surface area contributed by atoms with Crippen LogP contribution >= 0.6 is 0 Å². The molecule has 2 saturated heterocycles. The minimum absolute atomic E-state index is 0.170. The summed E-state index contributed by atoms with van der Waals surface area (Å²) in [5.41, 5.74) is 2.71. The van der Waals surface area contributed by atoms with E-state index in [9.17, 15) is 5.11 Å². The maximum atomic E-state index is 9.74. The number of nitrogens with zero attached hydrogens (tertiary/aromatic N) is 3. The quantitative estimate of drug-likeness (QED) is 0.861. The van der Waals surface area contributed by atoms with Crippen LogP contribution in [0.15, 0.2) is 6.20 Å². The molecule has 2 fully saturated rings. The molecule has 144 valence electrons. The van der Waals surface area contributed by atoms with Gasteiger partial charge < -0.3 is 20.1 Å². The Balaban J connectivity index is 1.54. The lowest BCUT2D eigenvalue weighted by atomic mass is 9.74. The van der Waals surface area contributed by atoms with Crippen molar-refractivity contribution in [3.63, 3.8) is 0 Å². The molecule has 3 heterocycles. The molecular formula is C20H32N4O2. The molecule has 3 aliphatic rings. The van der Waals surface area contributed by atoms with E-state index in [4.69, 9.17) is 14.7 Å².